The Kier molecular flexibility index (Phi) is 7.37. The van der Waals surface area contributed by atoms with E-state index in [9.17, 15) is 0 Å². The Balaban J connectivity index is 0.998. The smallest absolute Gasteiger partial charge is 0.136 e. The first-order chi connectivity index (χ1) is 28.3. The highest BCUT2D eigenvalue weighted by Gasteiger charge is 2.37. The summed E-state index contributed by atoms with van der Waals surface area (Å²) in [6, 6.07) is 56.7. The molecule has 0 amide bonds. The van der Waals surface area contributed by atoms with Gasteiger partial charge in [-0.05, 0) is 47.0 Å². The van der Waals surface area contributed by atoms with Gasteiger partial charge in [-0.2, -0.15) is 0 Å². The van der Waals surface area contributed by atoms with Crippen molar-refractivity contribution in [3.63, 3.8) is 0 Å². The summed E-state index contributed by atoms with van der Waals surface area (Å²) in [6.45, 7) is 0. The molecule has 9 aromatic rings. The van der Waals surface area contributed by atoms with E-state index in [2.05, 4.69) is 191 Å². The molecule has 0 radical (unpaired) electrons. The van der Waals surface area contributed by atoms with E-state index >= 15 is 0 Å². The highest BCUT2D eigenvalue weighted by molar-refractivity contribution is 7.26. The molecule has 0 fully saturated rings. The maximum absolute atomic E-state index is 6.60. The van der Waals surface area contributed by atoms with Crippen LogP contribution >= 0.6 is 11.3 Å². The van der Waals surface area contributed by atoms with Crippen LogP contribution in [0.1, 0.15) is 40.5 Å². The summed E-state index contributed by atoms with van der Waals surface area (Å²) >= 11 is 1.87. The molecule has 0 saturated carbocycles. The van der Waals surface area contributed by atoms with E-state index in [0.717, 1.165) is 38.9 Å². The Bertz CT molecular complexity index is 3120. The van der Waals surface area contributed by atoms with E-state index in [1.54, 1.807) is 0 Å². The number of fused-ring (bicyclic) bond motifs is 9. The molecule has 4 unspecified atom stereocenters. The van der Waals surface area contributed by atoms with Gasteiger partial charge in [0.1, 0.15) is 29.3 Å². The predicted octanol–water partition coefficient (Wildman–Crippen LogP) is 12.7. The Morgan fingerprint density at radius 1 is 0.596 bits per heavy atom. The lowest BCUT2D eigenvalue weighted by atomic mass is 9.91. The van der Waals surface area contributed by atoms with Gasteiger partial charge in [0, 0.05) is 64.9 Å². The molecule has 2 aliphatic heterocycles. The van der Waals surface area contributed by atoms with Crippen LogP contribution in [0.2, 0.25) is 0 Å². The van der Waals surface area contributed by atoms with Gasteiger partial charge in [0.25, 0.3) is 0 Å². The minimum Gasteiger partial charge on any atom is -0.456 e. The van der Waals surface area contributed by atoms with Gasteiger partial charge in [-0.25, -0.2) is 4.99 Å². The van der Waals surface area contributed by atoms with Crippen LogP contribution in [0.15, 0.2) is 191 Å². The molecule has 4 atom stereocenters. The minimum absolute atomic E-state index is 0.160. The third-order valence-corrected chi connectivity index (χ3v) is 13.2. The van der Waals surface area contributed by atoms with Crippen molar-refractivity contribution < 1.29 is 4.42 Å². The van der Waals surface area contributed by atoms with Crippen LogP contribution in [-0.4, -0.2) is 11.9 Å². The van der Waals surface area contributed by atoms with Crippen LogP contribution in [-0.2, 0) is 0 Å². The summed E-state index contributed by atoms with van der Waals surface area (Å²) < 4.78 is 9.13. The average Bonchev–Trinajstić information content (AvgIpc) is 3.96. The van der Waals surface area contributed by atoms with Gasteiger partial charge in [0.15, 0.2) is 0 Å². The first kappa shape index (κ1) is 32.5. The largest absolute Gasteiger partial charge is 0.456 e. The van der Waals surface area contributed by atoms with Gasteiger partial charge in [0.05, 0.1) is 6.04 Å². The lowest BCUT2D eigenvalue weighted by Crippen LogP contribution is -2.45. The second-order valence-corrected chi connectivity index (χ2v) is 16.1. The molecule has 7 aromatic carbocycles. The van der Waals surface area contributed by atoms with E-state index in [-0.39, 0.29) is 18.4 Å². The molecule has 1 aliphatic carbocycles. The van der Waals surface area contributed by atoms with Crippen molar-refractivity contribution in [2.45, 2.75) is 24.3 Å². The second kappa shape index (κ2) is 12.9. The molecular formula is C51H36N4OS. The first-order valence-electron chi connectivity index (χ1n) is 19.6. The van der Waals surface area contributed by atoms with Crippen molar-refractivity contribution in [3.05, 3.63) is 204 Å². The van der Waals surface area contributed by atoms with E-state index < -0.39 is 0 Å². The van der Waals surface area contributed by atoms with Crippen LogP contribution in [0.4, 0.5) is 11.4 Å². The van der Waals surface area contributed by atoms with Crippen molar-refractivity contribution in [2.75, 3.05) is 4.90 Å². The van der Waals surface area contributed by atoms with Crippen molar-refractivity contribution in [1.82, 2.24) is 10.6 Å². The molecule has 272 valence electrons. The standard InChI is InChI=1S/C51H36N4OS/c1-3-14-31(15-4-1)49-52-50(32-16-5-2-6-17-32)54-51(53-49)40-24-12-23-39-38-22-11-21-37(47(38)57-48(39)40)36-20-13-27-45-46(36)41-30-33(28-29-44(41)56-45)55-42-25-9-7-18-34(42)35-19-8-10-26-43(35)55/h1-30,34,42,49,51,53H,(H,52,54). The molecule has 2 aromatic heterocycles. The summed E-state index contributed by atoms with van der Waals surface area (Å²) in [5.41, 5.74) is 11.4. The third kappa shape index (κ3) is 5.15. The van der Waals surface area contributed by atoms with Gasteiger partial charge in [-0.1, -0.05) is 152 Å². The lowest BCUT2D eigenvalue weighted by molar-refractivity contribution is 0.411. The number of aliphatic imine (C=N–C) groups is 1. The van der Waals surface area contributed by atoms with E-state index in [1.165, 1.54) is 53.8 Å². The van der Waals surface area contributed by atoms with Crippen LogP contribution in [0, 0.1) is 0 Å². The number of hydrogen-bond donors (Lipinski definition) is 2. The molecule has 4 heterocycles. The number of furan rings is 1. The number of thiophene rings is 1. The number of rotatable bonds is 5. The maximum Gasteiger partial charge on any atom is 0.136 e. The van der Waals surface area contributed by atoms with Crippen molar-refractivity contribution in [1.29, 1.82) is 0 Å². The number of nitrogens with one attached hydrogen (secondary N) is 2. The number of nitrogens with zero attached hydrogens (tertiary/aromatic N) is 2. The molecule has 57 heavy (non-hydrogen) atoms. The van der Waals surface area contributed by atoms with Crippen LogP contribution in [0.25, 0.3) is 53.2 Å². The van der Waals surface area contributed by atoms with Crippen molar-refractivity contribution >= 4 is 70.7 Å². The second-order valence-electron chi connectivity index (χ2n) is 15.1. The average molecular weight is 753 g/mol. The summed E-state index contributed by atoms with van der Waals surface area (Å²) in [6.07, 6.45) is 8.67. The zero-order valence-corrected chi connectivity index (χ0v) is 31.7. The monoisotopic (exact) mass is 752 g/mol. The zero-order valence-electron chi connectivity index (χ0n) is 30.8. The van der Waals surface area contributed by atoms with Gasteiger partial charge in [-0.3, -0.25) is 5.32 Å². The number of benzene rings is 7. The van der Waals surface area contributed by atoms with Crippen molar-refractivity contribution in [3.8, 4) is 11.1 Å². The molecule has 3 aliphatic rings. The topological polar surface area (TPSA) is 52.8 Å². The van der Waals surface area contributed by atoms with E-state index in [1.807, 2.05) is 17.4 Å². The lowest BCUT2D eigenvalue weighted by Gasteiger charge is -2.32. The summed E-state index contributed by atoms with van der Waals surface area (Å²) in [4.78, 5) is 7.66. The maximum atomic E-state index is 6.60. The first-order valence-corrected chi connectivity index (χ1v) is 20.4. The number of para-hydroxylation sites is 1. The molecule has 2 N–H and O–H groups in total. The normalized spacial score (nSPS) is 19.9. The highest BCUT2D eigenvalue weighted by atomic mass is 32.1. The predicted molar refractivity (Wildman–Crippen MR) is 237 cm³/mol. The Morgan fingerprint density at radius 3 is 2.23 bits per heavy atom. The minimum atomic E-state index is -0.199. The summed E-state index contributed by atoms with van der Waals surface area (Å²) in [7, 11) is 0. The summed E-state index contributed by atoms with van der Waals surface area (Å²) in [5.74, 6) is 1.21. The Hall–Kier alpha value is -6.73. The fourth-order valence-electron chi connectivity index (χ4n) is 9.33. The molecule has 0 saturated heterocycles. The van der Waals surface area contributed by atoms with Gasteiger partial charge < -0.3 is 14.6 Å². The van der Waals surface area contributed by atoms with Crippen molar-refractivity contribution in [2.24, 2.45) is 4.99 Å². The fourth-order valence-corrected chi connectivity index (χ4v) is 10.7. The number of anilines is 2. The van der Waals surface area contributed by atoms with Gasteiger partial charge >= 0.3 is 0 Å². The molecule has 0 bridgehead atoms. The molecule has 5 nitrogen and oxygen atoms in total. The molecule has 12 rings (SSSR count). The molecule has 6 heteroatoms. The van der Waals surface area contributed by atoms with Crippen LogP contribution in [0.3, 0.4) is 0 Å². The van der Waals surface area contributed by atoms with Crippen LogP contribution < -0.4 is 15.5 Å². The quantitative estimate of drug-likeness (QED) is 0.184. The molecule has 0 spiro atoms. The van der Waals surface area contributed by atoms with Gasteiger partial charge in [0.2, 0.25) is 0 Å². The fraction of sp³-hybridized carbons (Fsp3) is 0.0784. The van der Waals surface area contributed by atoms with Crippen LogP contribution in [0.5, 0.6) is 0 Å². The Labute approximate surface area is 333 Å². The number of hydrogen-bond acceptors (Lipinski definition) is 6. The molecular weight excluding hydrogens is 717 g/mol. The highest BCUT2D eigenvalue weighted by Crippen LogP contribution is 2.50. The summed E-state index contributed by atoms with van der Waals surface area (Å²) in [5, 5.41) is 12.4. The third-order valence-electron chi connectivity index (χ3n) is 11.9. The Morgan fingerprint density at radius 2 is 1.33 bits per heavy atom. The van der Waals surface area contributed by atoms with Gasteiger partial charge in [-0.15, -0.1) is 11.3 Å². The number of amidine groups is 1. The number of allylic oxidation sites excluding steroid dienone is 2. The zero-order chi connectivity index (χ0) is 37.5. The SMILES string of the molecule is C1=CC2c3ccccc3N(c3ccc4oc5cccc(-c6cccc7c6sc6c(C8NC(c9ccccc9)=NC(c9ccccc9)N8)cccc67)c5c4c3)C2C=C1. The van der Waals surface area contributed by atoms with E-state index in [0.29, 0.717) is 5.92 Å². The van der Waals surface area contributed by atoms with E-state index in [4.69, 9.17) is 9.41 Å².